The van der Waals surface area contributed by atoms with Crippen LogP contribution in [0.5, 0.6) is 5.75 Å². The molecule has 18 heavy (non-hydrogen) atoms. The minimum Gasteiger partial charge on any atom is -0.497 e. The first-order chi connectivity index (χ1) is 8.49. The van der Waals surface area contributed by atoms with Crippen LogP contribution in [0.3, 0.4) is 0 Å². The Morgan fingerprint density at radius 3 is 2.78 bits per heavy atom. The molecule has 0 aliphatic heterocycles. The summed E-state index contributed by atoms with van der Waals surface area (Å²) in [4.78, 5) is 0.164. The van der Waals surface area contributed by atoms with E-state index in [1.165, 1.54) is 19.2 Å². The fourth-order valence-electron chi connectivity index (χ4n) is 1.51. The maximum Gasteiger partial charge on any atom is 0.181 e. The molecule has 0 saturated heterocycles. The highest BCUT2D eigenvalue weighted by Gasteiger charge is 2.19. The van der Waals surface area contributed by atoms with Crippen molar-refractivity contribution in [1.29, 1.82) is 0 Å². The highest BCUT2D eigenvalue weighted by Crippen LogP contribution is 2.18. The maximum absolute atomic E-state index is 12.0. The zero-order valence-corrected chi connectivity index (χ0v) is 11.4. The van der Waals surface area contributed by atoms with Crippen molar-refractivity contribution in [2.24, 2.45) is 0 Å². The summed E-state index contributed by atoms with van der Waals surface area (Å²) in [5.41, 5.74) is 0. The standard InChI is InChI=1S/C12H19NO4S/c1-3-13-8-10(14)9-18(15,16)12-6-4-5-11(7-12)17-2/h4-7,10,13-14H,3,8-9H2,1-2H3. The molecule has 1 unspecified atom stereocenters. The van der Waals surface area contributed by atoms with Crippen LogP contribution in [0.15, 0.2) is 29.2 Å². The molecule has 0 spiro atoms. The minimum absolute atomic E-state index is 0.164. The van der Waals surface area contributed by atoms with Crippen LogP contribution in [0.25, 0.3) is 0 Å². The molecule has 6 heteroatoms. The smallest absolute Gasteiger partial charge is 0.181 e. The molecule has 0 radical (unpaired) electrons. The number of likely N-dealkylation sites (N-methyl/N-ethyl adjacent to an activating group) is 1. The molecule has 0 fully saturated rings. The number of benzene rings is 1. The van der Waals surface area contributed by atoms with Gasteiger partial charge in [-0.1, -0.05) is 13.0 Å². The second-order valence-electron chi connectivity index (χ2n) is 3.92. The highest BCUT2D eigenvalue weighted by molar-refractivity contribution is 7.91. The number of sulfone groups is 1. The van der Waals surface area contributed by atoms with E-state index in [-0.39, 0.29) is 17.2 Å². The molecule has 0 aromatic heterocycles. The summed E-state index contributed by atoms with van der Waals surface area (Å²) < 4.78 is 29.0. The van der Waals surface area contributed by atoms with Crippen LogP contribution in [0, 0.1) is 0 Å². The highest BCUT2D eigenvalue weighted by atomic mass is 32.2. The average Bonchev–Trinajstić information content (AvgIpc) is 2.36. The van der Waals surface area contributed by atoms with Crippen molar-refractivity contribution in [3.05, 3.63) is 24.3 Å². The van der Waals surface area contributed by atoms with Crippen LogP contribution < -0.4 is 10.1 Å². The predicted molar refractivity (Wildman–Crippen MR) is 69.6 cm³/mol. The van der Waals surface area contributed by atoms with E-state index in [0.717, 1.165) is 0 Å². The number of rotatable bonds is 7. The van der Waals surface area contributed by atoms with Gasteiger partial charge in [0.2, 0.25) is 0 Å². The second kappa shape index (κ2) is 6.72. The molecule has 0 amide bonds. The molecule has 0 heterocycles. The molecular formula is C12H19NO4S. The second-order valence-corrected chi connectivity index (χ2v) is 5.96. The van der Waals surface area contributed by atoms with Crippen molar-refractivity contribution in [2.45, 2.75) is 17.9 Å². The van der Waals surface area contributed by atoms with Gasteiger partial charge in [-0.25, -0.2) is 8.42 Å². The summed E-state index contributed by atoms with van der Waals surface area (Å²) in [5.74, 6) is 0.185. The number of nitrogens with one attached hydrogen (secondary N) is 1. The van der Waals surface area contributed by atoms with Gasteiger partial charge in [0.25, 0.3) is 0 Å². The number of ether oxygens (including phenoxy) is 1. The Labute approximate surface area is 108 Å². The van der Waals surface area contributed by atoms with E-state index in [0.29, 0.717) is 12.3 Å². The molecule has 2 N–H and O–H groups in total. The summed E-state index contributed by atoms with van der Waals surface area (Å²) in [6.45, 7) is 2.85. The Bertz CT molecular complexity index is 473. The van der Waals surface area contributed by atoms with Crippen LogP contribution in [0.4, 0.5) is 0 Å². The Balaban J connectivity index is 2.79. The summed E-state index contributed by atoms with van der Waals surface area (Å²) in [5, 5.41) is 12.5. The van der Waals surface area contributed by atoms with E-state index in [2.05, 4.69) is 5.32 Å². The van der Waals surface area contributed by atoms with Gasteiger partial charge >= 0.3 is 0 Å². The third-order valence-electron chi connectivity index (χ3n) is 2.44. The van der Waals surface area contributed by atoms with Gasteiger partial charge in [0, 0.05) is 6.54 Å². The molecule has 0 aliphatic rings. The maximum atomic E-state index is 12.0. The van der Waals surface area contributed by atoms with E-state index in [1.54, 1.807) is 12.1 Å². The SMILES string of the molecule is CCNCC(O)CS(=O)(=O)c1cccc(OC)c1. The number of hydrogen-bond acceptors (Lipinski definition) is 5. The van der Waals surface area contributed by atoms with Crippen molar-refractivity contribution < 1.29 is 18.3 Å². The molecule has 0 saturated carbocycles. The molecule has 1 aromatic rings. The zero-order chi connectivity index (χ0) is 13.6. The van der Waals surface area contributed by atoms with Gasteiger partial charge in [-0.2, -0.15) is 0 Å². The first-order valence-corrected chi connectivity index (χ1v) is 7.40. The molecule has 1 atom stereocenters. The molecule has 0 bridgehead atoms. The van der Waals surface area contributed by atoms with Crippen molar-refractivity contribution in [3.63, 3.8) is 0 Å². The number of methoxy groups -OCH3 is 1. The third-order valence-corrected chi connectivity index (χ3v) is 4.24. The normalized spacial score (nSPS) is 13.3. The van der Waals surface area contributed by atoms with Gasteiger partial charge < -0.3 is 15.2 Å². The van der Waals surface area contributed by atoms with E-state index in [1.807, 2.05) is 6.92 Å². The Kier molecular flexibility index (Phi) is 5.58. The molecule has 102 valence electrons. The summed E-state index contributed by atoms with van der Waals surface area (Å²) in [6, 6.07) is 6.24. The lowest BCUT2D eigenvalue weighted by atomic mass is 10.3. The largest absolute Gasteiger partial charge is 0.497 e. The lowest BCUT2D eigenvalue weighted by Gasteiger charge is -2.12. The van der Waals surface area contributed by atoms with Gasteiger partial charge in [-0.3, -0.25) is 0 Å². The number of hydrogen-bond donors (Lipinski definition) is 2. The average molecular weight is 273 g/mol. The van der Waals surface area contributed by atoms with Crippen molar-refractivity contribution in [3.8, 4) is 5.75 Å². The van der Waals surface area contributed by atoms with Crippen LogP contribution >= 0.6 is 0 Å². The fraction of sp³-hybridized carbons (Fsp3) is 0.500. The topological polar surface area (TPSA) is 75.6 Å². The quantitative estimate of drug-likeness (QED) is 0.754. The fourth-order valence-corrected chi connectivity index (χ4v) is 2.91. The molecule has 5 nitrogen and oxygen atoms in total. The number of aliphatic hydroxyl groups excluding tert-OH is 1. The van der Waals surface area contributed by atoms with Crippen molar-refractivity contribution in [1.82, 2.24) is 5.32 Å². The first-order valence-electron chi connectivity index (χ1n) is 5.75. The van der Waals surface area contributed by atoms with Gasteiger partial charge in [-0.05, 0) is 24.7 Å². The summed E-state index contributed by atoms with van der Waals surface area (Å²) in [6.07, 6.45) is -0.916. The molecule has 0 aliphatic carbocycles. The first kappa shape index (κ1) is 14.9. The van der Waals surface area contributed by atoms with Crippen molar-refractivity contribution >= 4 is 9.84 Å². The van der Waals surface area contributed by atoms with Crippen LogP contribution in [-0.2, 0) is 9.84 Å². The van der Waals surface area contributed by atoms with Gasteiger partial charge in [0.05, 0.1) is 23.9 Å². The van der Waals surface area contributed by atoms with Gasteiger partial charge in [0.15, 0.2) is 9.84 Å². The summed E-state index contributed by atoms with van der Waals surface area (Å²) in [7, 11) is -2.01. The van der Waals surface area contributed by atoms with Gasteiger partial charge in [0.1, 0.15) is 5.75 Å². The van der Waals surface area contributed by atoms with Crippen molar-refractivity contribution in [2.75, 3.05) is 26.0 Å². The predicted octanol–water partition coefficient (Wildman–Crippen LogP) is 0.439. The lowest BCUT2D eigenvalue weighted by molar-refractivity contribution is 0.194. The Morgan fingerprint density at radius 2 is 2.17 bits per heavy atom. The van der Waals surface area contributed by atoms with E-state index >= 15 is 0 Å². The van der Waals surface area contributed by atoms with Crippen LogP contribution in [-0.4, -0.2) is 45.6 Å². The monoisotopic (exact) mass is 273 g/mol. The molecule has 1 rings (SSSR count). The lowest BCUT2D eigenvalue weighted by Crippen LogP contribution is -2.32. The van der Waals surface area contributed by atoms with E-state index in [4.69, 9.17) is 4.74 Å². The van der Waals surface area contributed by atoms with Gasteiger partial charge in [-0.15, -0.1) is 0 Å². The molecule has 1 aromatic carbocycles. The Morgan fingerprint density at radius 1 is 1.44 bits per heavy atom. The van der Waals surface area contributed by atoms with E-state index in [9.17, 15) is 13.5 Å². The third kappa shape index (κ3) is 4.29. The van der Waals surface area contributed by atoms with E-state index < -0.39 is 15.9 Å². The van der Waals surface area contributed by atoms with Crippen LogP contribution in [0.1, 0.15) is 6.92 Å². The zero-order valence-electron chi connectivity index (χ0n) is 10.6. The summed E-state index contributed by atoms with van der Waals surface area (Å²) >= 11 is 0. The minimum atomic E-state index is -3.49. The number of aliphatic hydroxyl groups is 1. The molecular weight excluding hydrogens is 254 g/mol. The van der Waals surface area contributed by atoms with Crippen LogP contribution in [0.2, 0.25) is 0 Å². The Hall–Kier alpha value is -1.11.